The van der Waals surface area contributed by atoms with Gasteiger partial charge in [0.15, 0.2) is 0 Å². The molecule has 0 aliphatic carbocycles. The van der Waals surface area contributed by atoms with Gasteiger partial charge in [0.25, 0.3) is 11.1 Å². The summed E-state index contributed by atoms with van der Waals surface area (Å²) in [5.41, 5.74) is 1.31. The molecule has 0 N–H and O–H groups in total. The van der Waals surface area contributed by atoms with Crippen molar-refractivity contribution >= 4 is 85.7 Å². The number of rotatable bonds is 5. The number of carbonyl (C=O) groups excluding carboxylic acids is 3. The third-order valence-corrected chi connectivity index (χ3v) is 6.96. The van der Waals surface area contributed by atoms with Crippen LogP contribution in [0.25, 0.3) is 6.08 Å². The highest BCUT2D eigenvalue weighted by atomic mass is 79.9. The second-order valence-electron chi connectivity index (χ2n) is 7.09. The van der Waals surface area contributed by atoms with Crippen LogP contribution in [0.2, 0.25) is 15.1 Å². The maximum atomic E-state index is 13.0. The lowest BCUT2D eigenvalue weighted by molar-refractivity contribution is -0.123. The highest BCUT2D eigenvalue weighted by Crippen LogP contribution is 2.36. The van der Waals surface area contributed by atoms with Crippen molar-refractivity contribution in [1.29, 1.82) is 0 Å². The average Bonchev–Trinajstić information content (AvgIpc) is 3.04. The third-order valence-electron chi connectivity index (χ3n) is 4.74. The minimum absolute atomic E-state index is 0.00705. The molecule has 1 aliphatic rings. The molecule has 0 bridgehead atoms. The molecular formula is C24H13BrCl3NO4S. The molecule has 5 nitrogen and oxygen atoms in total. The summed E-state index contributed by atoms with van der Waals surface area (Å²) < 4.78 is 6.25. The molecule has 3 aromatic rings. The minimum Gasteiger partial charge on any atom is -0.422 e. The number of imide groups is 1. The van der Waals surface area contributed by atoms with Gasteiger partial charge in [-0.25, -0.2) is 4.79 Å². The molecule has 4 rings (SSSR count). The molecule has 3 aromatic carbocycles. The van der Waals surface area contributed by atoms with Crippen molar-refractivity contribution in [1.82, 2.24) is 4.90 Å². The summed E-state index contributed by atoms with van der Waals surface area (Å²) in [5, 5.41) is 0.782. The Kier molecular flexibility index (Phi) is 7.70. The van der Waals surface area contributed by atoms with Crippen molar-refractivity contribution in [3.63, 3.8) is 0 Å². The summed E-state index contributed by atoms with van der Waals surface area (Å²) in [7, 11) is 0. The van der Waals surface area contributed by atoms with Crippen LogP contribution < -0.4 is 4.74 Å². The van der Waals surface area contributed by atoms with Crippen LogP contribution in [0.1, 0.15) is 21.5 Å². The molecule has 0 spiro atoms. The van der Waals surface area contributed by atoms with Crippen molar-refractivity contribution in [3.05, 3.63) is 102 Å². The number of carbonyl (C=O) groups is 3. The SMILES string of the molecule is O=C(Oc1ccc(Br)cc1/C=C1\SC(=O)N(Cc2ccc(Cl)cc2Cl)C1=O)c1cccc(Cl)c1. The first-order valence-corrected chi connectivity index (χ1v) is 12.4. The van der Waals surface area contributed by atoms with Gasteiger partial charge < -0.3 is 4.74 Å². The van der Waals surface area contributed by atoms with Crippen LogP contribution in [0.4, 0.5) is 4.79 Å². The van der Waals surface area contributed by atoms with Crippen LogP contribution in [0, 0.1) is 0 Å². The summed E-state index contributed by atoms with van der Waals surface area (Å²) in [6, 6.07) is 16.2. The summed E-state index contributed by atoms with van der Waals surface area (Å²) in [5.74, 6) is -0.862. The van der Waals surface area contributed by atoms with E-state index in [0.717, 1.165) is 16.7 Å². The Morgan fingerprint density at radius 2 is 1.76 bits per heavy atom. The van der Waals surface area contributed by atoms with Crippen molar-refractivity contribution in [2.45, 2.75) is 6.54 Å². The van der Waals surface area contributed by atoms with Crippen molar-refractivity contribution in [2.24, 2.45) is 0 Å². The Morgan fingerprint density at radius 1 is 1.00 bits per heavy atom. The van der Waals surface area contributed by atoms with Gasteiger partial charge in [0, 0.05) is 25.1 Å². The zero-order chi connectivity index (χ0) is 24.4. The maximum absolute atomic E-state index is 13.0. The van der Waals surface area contributed by atoms with E-state index in [4.69, 9.17) is 39.5 Å². The number of benzene rings is 3. The largest absolute Gasteiger partial charge is 0.422 e. The lowest BCUT2D eigenvalue weighted by atomic mass is 10.1. The van der Waals surface area contributed by atoms with Gasteiger partial charge >= 0.3 is 5.97 Å². The monoisotopic (exact) mass is 595 g/mol. The van der Waals surface area contributed by atoms with Gasteiger partial charge in [0.2, 0.25) is 0 Å². The van der Waals surface area contributed by atoms with E-state index in [9.17, 15) is 14.4 Å². The first-order valence-electron chi connectivity index (χ1n) is 9.68. The van der Waals surface area contributed by atoms with Crippen molar-refractivity contribution in [3.8, 4) is 5.75 Å². The molecule has 1 saturated heterocycles. The zero-order valence-electron chi connectivity index (χ0n) is 17.1. The van der Waals surface area contributed by atoms with E-state index in [2.05, 4.69) is 15.9 Å². The number of thioether (sulfide) groups is 1. The van der Waals surface area contributed by atoms with E-state index < -0.39 is 17.1 Å². The number of amides is 2. The van der Waals surface area contributed by atoms with Gasteiger partial charge in [0.05, 0.1) is 17.0 Å². The van der Waals surface area contributed by atoms with Crippen LogP contribution in [-0.2, 0) is 11.3 Å². The number of hydrogen-bond acceptors (Lipinski definition) is 5. The smallest absolute Gasteiger partial charge is 0.343 e. The summed E-state index contributed by atoms with van der Waals surface area (Å²) in [6.45, 7) is 0.00705. The van der Waals surface area contributed by atoms with Gasteiger partial charge in [0.1, 0.15) is 5.75 Å². The molecule has 0 atom stereocenters. The Morgan fingerprint density at radius 3 is 2.50 bits per heavy atom. The fourth-order valence-corrected chi connectivity index (χ4v) is 4.96. The predicted octanol–water partition coefficient (Wildman–Crippen LogP) is 7.87. The van der Waals surface area contributed by atoms with E-state index >= 15 is 0 Å². The number of nitrogens with zero attached hydrogens (tertiary/aromatic N) is 1. The summed E-state index contributed by atoms with van der Waals surface area (Å²) in [4.78, 5) is 39.4. The molecule has 0 unspecified atom stereocenters. The second-order valence-corrected chi connectivity index (χ2v) is 10.3. The molecule has 1 fully saturated rings. The molecular weight excluding hydrogens is 585 g/mol. The van der Waals surface area contributed by atoms with E-state index in [-0.39, 0.29) is 22.8 Å². The van der Waals surface area contributed by atoms with Crippen LogP contribution in [0.15, 0.2) is 70.0 Å². The lowest BCUT2D eigenvalue weighted by Gasteiger charge is -2.13. The molecule has 172 valence electrons. The molecule has 0 aromatic heterocycles. The van der Waals surface area contributed by atoms with Crippen LogP contribution in [0.5, 0.6) is 5.75 Å². The number of hydrogen-bond donors (Lipinski definition) is 0. The average molecular weight is 598 g/mol. The highest BCUT2D eigenvalue weighted by molar-refractivity contribution is 9.10. The fourth-order valence-electron chi connectivity index (χ4n) is 3.10. The lowest BCUT2D eigenvalue weighted by Crippen LogP contribution is -2.27. The van der Waals surface area contributed by atoms with Crippen molar-refractivity contribution in [2.75, 3.05) is 0 Å². The van der Waals surface area contributed by atoms with Gasteiger partial charge in [-0.2, -0.15) is 0 Å². The molecule has 1 aliphatic heterocycles. The maximum Gasteiger partial charge on any atom is 0.343 e. The normalized spacial score (nSPS) is 14.7. The van der Waals surface area contributed by atoms with Crippen molar-refractivity contribution < 1.29 is 19.1 Å². The summed E-state index contributed by atoms with van der Waals surface area (Å²) in [6.07, 6.45) is 1.51. The Labute approximate surface area is 222 Å². The number of ether oxygens (including phenoxy) is 1. The third kappa shape index (κ3) is 5.67. The molecule has 10 heteroatoms. The highest BCUT2D eigenvalue weighted by Gasteiger charge is 2.35. The first-order chi connectivity index (χ1) is 16.2. The number of esters is 1. The zero-order valence-corrected chi connectivity index (χ0v) is 21.7. The van der Waals surface area contributed by atoms with E-state index in [1.165, 1.54) is 12.1 Å². The first kappa shape index (κ1) is 24.8. The molecule has 0 radical (unpaired) electrons. The topological polar surface area (TPSA) is 63.7 Å². The Hall–Kier alpha value is -2.29. The quantitative estimate of drug-likeness (QED) is 0.170. The van der Waals surface area contributed by atoms with Gasteiger partial charge in [-0.05, 0) is 71.9 Å². The van der Waals surface area contributed by atoms with Crippen LogP contribution >= 0.6 is 62.5 Å². The van der Waals surface area contributed by atoms with Gasteiger partial charge in [-0.1, -0.05) is 62.9 Å². The number of halogens is 4. The van der Waals surface area contributed by atoms with Gasteiger partial charge in [-0.3, -0.25) is 14.5 Å². The van der Waals surface area contributed by atoms with E-state index in [0.29, 0.717) is 30.7 Å². The molecule has 1 heterocycles. The van der Waals surface area contributed by atoms with E-state index in [1.54, 1.807) is 54.6 Å². The van der Waals surface area contributed by atoms with Crippen LogP contribution in [-0.4, -0.2) is 22.0 Å². The Bertz CT molecular complexity index is 1360. The molecule has 34 heavy (non-hydrogen) atoms. The minimum atomic E-state index is -0.607. The fraction of sp³-hybridized carbons (Fsp3) is 0.0417. The molecule has 0 saturated carbocycles. The van der Waals surface area contributed by atoms with E-state index in [1.807, 2.05) is 0 Å². The van der Waals surface area contributed by atoms with Gasteiger partial charge in [-0.15, -0.1) is 0 Å². The van der Waals surface area contributed by atoms with Crippen LogP contribution in [0.3, 0.4) is 0 Å². The summed E-state index contributed by atoms with van der Waals surface area (Å²) >= 11 is 22.3. The second kappa shape index (κ2) is 10.5. The Balaban J connectivity index is 1.60. The predicted molar refractivity (Wildman–Crippen MR) is 139 cm³/mol. The molecule has 2 amide bonds. The standard InChI is InChI=1S/C24H13BrCl3NO4S/c25-16-5-7-20(33-23(31)13-2-1-3-17(26)9-13)15(8-16)10-21-22(30)29(24(32)34-21)12-14-4-6-18(27)11-19(14)28/h1-11H,12H2/b21-10-.